The summed E-state index contributed by atoms with van der Waals surface area (Å²) in [5, 5.41) is 18.2. The number of hydrogen-bond donors (Lipinski definition) is 2. The van der Waals surface area contributed by atoms with Crippen LogP contribution >= 0.6 is 0 Å². The first-order valence-corrected chi connectivity index (χ1v) is 10.8. The molecule has 1 fully saturated rings. The van der Waals surface area contributed by atoms with Crippen LogP contribution in [0.1, 0.15) is 36.8 Å². The maximum atomic E-state index is 10.1. The van der Waals surface area contributed by atoms with E-state index in [2.05, 4.69) is 40.7 Å². The van der Waals surface area contributed by atoms with Crippen molar-refractivity contribution in [2.45, 2.75) is 31.2 Å². The van der Waals surface area contributed by atoms with Gasteiger partial charge in [-0.2, -0.15) is 5.10 Å². The second kappa shape index (κ2) is 8.36. The summed E-state index contributed by atoms with van der Waals surface area (Å²) < 4.78 is 1.86. The molecule has 0 atom stereocenters. The van der Waals surface area contributed by atoms with Gasteiger partial charge in [-0.15, -0.1) is 0 Å². The zero-order chi connectivity index (χ0) is 21.1. The minimum absolute atomic E-state index is 0.134. The fraction of sp³-hybridized carbons (Fsp3) is 0.231. The Bertz CT molecular complexity index is 1150. The first-order chi connectivity index (χ1) is 15.3. The van der Waals surface area contributed by atoms with Gasteiger partial charge in [-0.3, -0.25) is 0 Å². The van der Waals surface area contributed by atoms with Crippen molar-refractivity contribution in [3.05, 3.63) is 96.2 Å². The van der Waals surface area contributed by atoms with E-state index in [0.717, 1.165) is 59.5 Å². The molecule has 2 N–H and O–H groups in total. The Hall–Kier alpha value is -3.44. The van der Waals surface area contributed by atoms with Gasteiger partial charge in [0.2, 0.25) is 0 Å². The van der Waals surface area contributed by atoms with Crippen LogP contribution in [0.3, 0.4) is 0 Å². The fourth-order valence-corrected chi connectivity index (χ4v) is 4.45. The molecule has 2 heterocycles. The Morgan fingerprint density at radius 2 is 1.58 bits per heavy atom. The molecule has 4 aromatic rings. The molecule has 0 spiro atoms. The van der Waals surface area contributed by atoms with E-state index in [1.54, 1.807) is 6.20 Å². The molecule has 0 radical (unpaired) electrons. The molecule has 0 saturated heterocycles. The number of hydrogen-bond acceptors (Lipinski definition) is 4. The molecule has 2 aromatic carbocycles. The Morgan fingerprint density at radius 1 is 0.935 bits per heavy atom. The summed E-state index contributed by atoms with van der Waals surface area (Å²) in [6, 6.07) is 26.5. The number of aliphatic imine (C=N–C) groups is 1. The lowest BCUT2D eigenvalue weighted by molar-refractivity contribution is 0.214. The van der Waals surface area contributed by atoms with Crippen molar-refractivity contribution in [3.63, 3.8) is 0 Å². The lowest BCUT2D eigenvalue weighted by Crippen LogP contribution is -2.39. The highest BCUT2D eigenvalue weighted by atomic mass is 16.3. The molecule has 5 nitrogen and oxygen atoms in total. The van der Waals surface area contributed by atoms with Crippen LogP contribution < -0.4 is 5.32 Å². The number of nitrogens with zero attached hydrogens (tertiary/aromatic N) is 3. The van der Waals surface area contributed by atoms with Crippen LogP contribution in [-0.4, -0.2) is 32.6 Å². The van der Waals surface area contributed by atoms with Gasteiger partial charge >= 0.3 is 0 Å². The number of aromatic nitrogens is 2. The van der Waals surface area contributed by atoms with Gasteiger partial charge in [0.15, 0.2) is 5.82 Å². The number of nitrogens with one attached hydrogen (secondary N) is 1. The minimum Gasteiger partial charge on any atom is -0.394 e. The summed E-state index contributed by atoms with van der Waals surface area (Å²) in [7, 11) is 0. The first-order valence-electron chi connectivity index (χ1n) is 10.8. The number of pyridine rings is 1. The normalized spacial score (nSPS) is 15.1. The van der Waals surface area contributed by atoms with E-state index in [-0.39, 0.29) is 12.1 Å². The smallest absolute Gasteiger partial charge is 0.156 e. The lowest BCUT2D eigenvalue weighted by Gasteiger charge is -2.29. The molecule has 1 saturated carbocycles. The Labute approximate surface area is 182 Å². The molecule has 5 rings (SSSR count). The molecule has 2 aromatic heterocycles. The van der Waals surface area contributed by atoms with Gasteiger partial charge in [0, 0.05) is 22.9 Å². The fourth-order valence-electron chi connectivity index (χ4n) is 4.45. The van der Waals surface area contributed by atoms with Gasteiger partial charge in [-0.1, -0.05) is 73.5 Å². The number of anilines is 1. The van der Waals surface area contributed by atoms with Gasteiger partial charge in [0.05, 0.1) is 29.6 Å². The zero-order valence-electron chi connectivity index (χ0n) is 17.4. The third-order valence-corrected chi connectivity index (χ3v) is 6.07. The molecule has 5 heteroatoms. The summed E-state index contributed by atoms with van der Waals surface area (Å²) in [6.07, 6.45) is 6.02. The second-order valence-corrected chi connectivity index (χ2v) is 8.23. The largest absolute Gasteiger partial charge is 0.394 e. The Morgan fingerprint density at radius 3 is 2.19 bits per heavy atom. The first kappa shape index (κ1) is 19.5. The average Bonchev–Trinajstić information content (AvgIpc) is 3.49. The third kappa shape index (κ3) is 3.97. The number of aliphatic hydroxyl groups excluding tert-OH is 1. The van der Waals surface area contributed by atoms with E-state index in [0.29, 0.717) is 0 Å². The van der Waals surface area contributed by atoms with E-state index in [9.17, 15) is 5.11 Å². The maximum absolute atomic E-state index is 10.1. The SMILES string of the molecule is OCC1(Nc2cc(N=C(c3ccccc3)c3ccccc3)n3nccc3c2)CCCC1. The van der Waals surface area contributed by atoms with Crippen molar-refractivity contribution >= 4 is 22.7 Å². The molecule has 0 aliphatic heterocycles. The molecule has 0 amide bonds. The van der Waals surface area contributed by atoms with Crippen LogP contribution in [-0.2, 0) is 0 Å². The number of fused-ring (bicyclic) bond motifs is 1. The third-order valence-electron chi connectivity index (χ3n) is 6.07. The van der Waals surface area contributed by atoms with Crippen LogP contribution in [0.5, 0.6) is 0 Å². The average molecular weight is 411 g/mol. The second-order valence-electron chi connectivity index (χ2n) is 8.23. The predicted molar refractivity (Wildman–Crippen MR) is 125 cm³/mol. The lowest BCUT2D eigenvalue weighted by atomic mass is 9.98. The van der Waals surface area contributed by atoms with Gasteiger partial charge in [0.1, 0.15) is 0 Å². The number of rotatable bonds is 6. The van der Waals surface area contributed by atoms with E-state index in [1.165, 1.54) is 0 Å². The number of benzene rings is 2. The van der Waals surface area contributed by atoms with E-state index in [4.69, 9.17) is 4.99 Å². The van der Waals surface area contributed by atoms with Crippen LogP contribution in [0.2, 0.25) is 0 Å². The Balaban J connectivity index is 1.64. The standard InChI is InChI=1S/C26H26N4O/c31-19-26(14-7-8-15-26)29-22-17-23-13-16-27-30(23)24(18-22)28-25(20-9-3-1-4-10-20)21-11-5-2-6-12-21/h1-6,9-13,16-18,29,31H,7-8,14-15,19H2. The van der Waals surface area contributed by atoms with Crippen LogP contribution in [0.4, 0.5) is 11.5 Å². The molecule has 1 aliphatic rings. The predicted octanol–water partition coefficient (Wildman–Crippen LogP) is 5.22. The quantitative estimate of drug-likeness (QED) is 0.428. The van der Waals surface area contributed by atoms with Crippen molar-refractivity contribution < 1.29 is 5.11 Å². The highest BCUT2D eigenvalue weighted by Crippen LogP contribution is 2.34. The van der Waals surface area contributed by atoms with E-state index in [1.807, 2.05) is 53.0 Å². The van der Waals surface area contributed by atoms with Gasteiger partial charge in [0.25, 0.3) is 0 Å². The number of aliphatic hydroxyl groups is 1. The molecule has 0 unspecified atom stereocenters. The summed E-state index contributed by atoms with van der Waals surface area (Å²) in [5.41, 5.74) is 4.68. The zero-order valence-corrected chi connectivity index (χ0v) is 17.4. The molecular weight excluding hydrogens is 384 g/mol. The topological polar surface area (TPSA) is 61.9 Å². The van der Waals surface area contributed by atoms with Crippen LogP contribution in [0.15, 0.2) is 90.1 Å². The van der Waals surface area contributed by atoms with Crippen molar-refractivity contribution in [1.29, 1.82) is 0 Å². The van der Waals surface area contributed by atoms with Crippen molar-refractivity contribution in [2.24, 2.45) is 4.99 Å². The van der Waals surface area contributed by atoms with Crippen LogP contribution in [0.25, 0.3) is 5.52 Å². The highest BCUT2D eigenvalue weighted by molar-refractivity contribution is 6.13. The maximum Gasteiger partial charge on any atom is 0.156 e. The van der Waals surface area contributed by atoms with Crippen molar-refractivity contribution in [2.75, 3.05) is 11.9 Å². The highest BCUT2D eigenvalue weighted by Gasteiger charge is 2.33. The molecule has 0 bridgehead atoms. The minimum atomic E-state index is -0.249. The van der Waals surface area contributed by atoms with Gasteiger partial charge in [-0.05, 0) is 25.0 Å². The van der Waals surface area contributed by atoms with Gasteiger partial charge in [-0.25, -0.2) is 9.51 Å². The summed E-state index contributed by atoms with van der Waals surface area (Å²) >= 11 is 0. The van der Waals surface area contributed by atoms with Crippen LogP contribution in [0, 0.1) is 0 Å². The van der Waals surface area contributed by atoms with E-state index < -0.39 is 0 Å². The van der Waals surface area contributed by atoms with Gasteiger partial charge < -0.3 is 10.4 Å². The van der Waals surface area contributed by atoms with Crippen molar-refractivity contribution in [3.8, 4) is 0 Å². The summed E-state index contributed by atoms with van der Waals surface area (Å²) in [4.78, 5) is 5.10. The van der Waals surface area contributed by atoms with E-state index >= 15 is 0 Å². The molecule has 1 aliphatic carbocycles. The van der Waals surface area contributed by atoms with Crippen molar-refractivity contribution in [1.82, 2.24) is 9.61 Å². The molecule has 156 valence electrons. The summed E-state index contributed by atoms with van der Waals surface area (Å²) in [6.45, 7) is 0.134. The molecular formula is C26H26N4O. The Kier molecular flexibility index (Phi) is 5.26. The summed E-state index contributed by atoms with van der Waals surface area (Å²) in [5.74, 6) is 0.749. The molecule has 31 heavy (non-hydrogen) atoms. The monoisotopic (exact) mass is 410 g/mol.